The normalized spacial score (nSPS) is 17.7. The van der Waals surface area contributed by atoms with E-state index in [0.717, 1.165) is 22.8 Å². The second-order valence-electron chi connectivity index (χ2n) is 5.50. The molecule has 0 radical (unpaired) electrons. The Kier molecular flexibility index (Phi) is 5.55. The molecule has 1 fully saturated rings. The van der Waals surface area contributed by atoms with Crippen LogP contribution in [0.4, 0.5) is 5.69 Å². The first-order valence-corrected chi connectivity index (χ1v) is 8.34. The van der Waals surface area contributed by atoms with Crippen molar-refractivity contribution in [3.8, 4) is 0 Å². The molecule has 1 aliphatic heterocycles. The fourth-order valence-corrected chi connectivity index (χ4v) is 3.75. The van der Waals surface area contributed by atoms with Gasteiger partial charge in [-0.15, -0.1) is 0 Å². The van der Waals surface area contributed by atoms with Crippen molar-refractivity contribution < 1.29 is 0 Å². The Balaban J connectivity index is 2.03. The monoisotopic (exact) mass is 344 g/mol. The molecule has 2 nitrogen and oxygen atoms in total. The Morgan fingerprint density at radius 1 is 1.37 bits per heavy atom. The number of benzene rings is 1. The lowest BCUT2D eigenvalue weighted by molar-refractivity contribution is 0.222. The lowest BCUT2D eigenvalue weighted by Crippen LogP contribution is -2.36. The van der Waals surface area contributed by atoms with Crippen LogP contribution in [-0.4, -0.2) is 38.6 Å². The molecule has 1 saturated heterocycles. The number of hydrogen-bond donors (Lipinski definition) is 0. The van der Waals surface area contributed by atoms with Crippen molar-refractivity contribution in [1.29, 1.82) is 0 Å². The maximum absolute atomic E-state index is 6.27. The van der Waals surface area contributed by atoms with E-state index in [4.69, 9.17) is 11.6 Å². The molecule has 0 spiro atoms. The zero-order valence-electron chi connectivity index (χ0n) is 11.7. The van der Waals surface area contributed by atoms with Crippen molar-refractivity contribution in [3.05, 3.63) is 28.8 Å². The van der Waals surface area contributed by atoms with Crippen LogP contribution < -0.4 is 4.90 Å². The molecule has 0 bridgehead atoms. The number of nitrogens with zero attached hydrogens (tertiary/aromatic N) is 2. The van der Waals surface area contributed by atoms with Crippen LogP contribution in [0.1, 0.15) is 18.4 Å². The lowest BCUT2D eigenvalue weighted by atomic mass is 9.96. The van der Waals surface area contributed by atoms with E-state index in [1.54, 1.807) is 0 Å². The molecule has 1 aromatic carbocycles. The zero-order valence-corrected chi connectivity index (χ0v) is 14.0. The van der Waals surface area contributed by atoms with Gasteiger partial charge in [0, 0.05) is 35.2 Å². The van der Waals surface area contributed by atoms with Crippen LogP contribution in [0.2, 0.25) is 5.02 Å². The van der Waals surface area contributed by atoms with E-state index in [2.05, 4.69) is 45.9 Å². The standard InChI is InChI=1S/C15H22BrClN2/c1-18-8-6-12(7-9-18)11-19(2)15-5-3-4-14(17)13(15)10-16/h3-5,12H,6-11H2,1-2H3. The first kappa shape index (κ1) is 15.1. The predicted octanol–water partition coefficient (Wildman–Crippen LogP) is 4.01. The number of rotatable bonds is 4. The SMILES string of the molecule is CN1CCC(CN(C)c2cccc(Cl)c2CBr)CC1. The Morgan fingerprint density at radius 3 is 2.68 bits per heavy atom. The number of anilines is 1. The van der Waals surface area contributed by atoms with Crippen LogP contribution in [0.5, 0.6) is 0 Å². The summed E-state index contributed by atoms with van der Waals surface area (Å²) in [6.45, 7) is 3.56. The molecular formula is C15H22BrClN2. The van der Waals surface area contributed by atoms with Gasteiger partial charge in [-0.05, 0) is 51.0 Å². The van der Waals surface area contributed by atoms with Crippen molar-refractivity contribution in [1.82, 2.24) is 4.90 Å². The smallest absolute Gasteiger partial charge is 0.0467 e. The summed E-state index contributed by atoms with van der Waals surface area (Å²) in [6, 6.07) is 6.16. The Bertz CT molecular complexity index is 417. The van der Waals surface area contributed by atoms with Crippen LogP contribution in [0.25, 0.3) is 0 Å². The molecule has 4 heteroatoms. The van der Waals surface area contributed by atoms with Gasteiger partial charge in [-0.3, -0.25) is 0 Å². The summed E-state index contributed by atoms with van der Waals surface area (Å²) >= 11 is 9.81. The minimum absolute atomic E-state index is 0.795. The maximum atomic E-state index is 6.27. The topological polar surface area (TPSA) is 6.48 Å². The van der Waals surface area contributed by atoms with Crippen molar-refractivity contribution >= 4 is 33.2 Å². The summed E-state index contributed by atoms with van der Waals surface area (Å²) < 4.78 is 0. The van der Waals surface area contributed by atoms with Crippen LogP contribution >= 0.6 is 27.5 Å². The number of alkyl halides is 1. The van der Waals surface area contributed by atoms with Gasteiger partial charge in [0.1, 0.15) is 0 Å². The second-order valence-corrected chi connectivity index (χ2v) is 6.47. The van der Waals surface area contributed by atoms with Crippen molar-refractivity contribution in [2.75, 3.05) is 38.6 Å². The fraction of sp³-hybridized carbons (Fsp3) is 0.600. The van der Waals surface area contributed by atoms with Gasteiger partial charge >= 0.3 is 0 Å². The Labute approximate surface area is 129 Å². The molecule has 0 aromatic heterocycles. The maximum Gasteiger partial charge on any atom is 0.0467 e. The van der Waals surface area contributed by atoms with Gasteiger partial charge in [0.15, 0.2) is 0 Å². The largest absolute Gasteiger partial charge is 0.374 e. The molecule has 0 atom stereocenters. The van der Waals surface area contributed by atoms with Gasteiger partial charge in [0.25, 0.3) is 0 Å². The summed E-state index contributed by atoms with van der Waals surface area (Å²) in [6.07, 6.45) is 2.59. The summed E-state index contributed by atoms with van der Waals surface area (Å²) in [5.41, 5.74) is 2.45. The zero-order chi connectivity index (χ0) is 13.8. The number of hydrogen-bond acceptors (Lipinski definition) is 2. The molecule has 0 unspecified atom stereocenters. The highest BCUT2D eigenvalue weighted by atomic mass is 79.9. The molecule has 19 heavy (non-hydrogen) atoms. The third-order valence-electron chi connectivity index (χ3n) is 4.01. The van der Waals surface area contributed by atoms with Gasteiger partial charge in [-0.25, -0.2) is 0 Å². The molecule has 0 N–H and O–H groups in total. The Hall–Kier alpha value is -0.250. The summed E-state index contributed by atoms with van der Waals surface area (Å²) in [7, 11) is 4.38. The predicted molar refractivity (Wildman–Crippen MR) is 87.6 cm³/mol. The van der Waals surface area contributed by atoms with Crippen molar-refractivity contribution in [2.45, 2.75) is 18.2 Å². The number of halogens is 2. The molecule has 1 heterocycles. The molecule has 106 valence electrons. The van der Waals surface area contributed by atoms with E-state index in [-0.39, 0.29) is 0 Å². The van der Waals surface area contributed by atoms with E-state index >= 15 is 0 Å². The molecule has 1 aromatic rings. The van der Waals surface area contributed by atoms with Crippen LogP contribution in [-0.2, 0) is 5.33 Å². The minimum Gasteiger partial charge on any atom is -0.374 e. The Morgan fingerprint density at radius 2 is 2.05 bits per heavy atom. The molecule has 0 amide bonds. The third kappa shape index (κ3) is 3.87. The fourth-order valence-electron chi connectivity index (χ4n) is 2.77. The third-order valence-corrected chi connectivity index (χ3v) is 4.92. The minimum atomic E-state index is 0.795. The average Bonchev–Trinajstić information content (AvgIpc) is 2.41. The van der Waals surface area contributed by atoms with Gasteiger partial charge < -0.3 is 9.80 Å². The average molecular weight is 346 g/mol. The number of likely N-dealkylation sites (tertiary alicyclic amines) is 1. The highest BCUT2D eigenvalue weighted by Gasteiger charge is 2.19. The van der Waals surface area contributed by atoms with Gasteiger partial charge in [-0.1, -0.05) is 33.6 Å². The van der Waals surface area contributed by atoms with E-state index in [0.29, 0.717) is 0 Å². The summed E-state index contributed by atoms with van der Waals surface area (Å²) in [4.78, 5) is 4.78. The van der Waals surface area contributed by atoms with E-state index < -0.39 is 0 Å². The van der Waals surface area contributed by atoms with Crippen LogP contribution in [0, 0.1) is 5.92 Å². The van der Waals surface area contributed by atoms with Gasteiger partial charge in [0.2, 0.25) is 0 Å². The molecule has 0 saturated carbocycles. The first-order valence-electron chi connectivity index (χ1n) is 6.85. The highest BCUT2D eigenvalue weighted by molar-refractivity contribution is 9.08. The molecule has 2 rings (SSSR count). The quantitative estimate of drug-likeness (QED) is 0.761. The van der Waals surface area contributed by atoms with Crippen LogP contribution in [0.3, 0.4) is 0 Å². The van der Waals surface area contributed by atoms with E-state index in [1.165, 1.54) is 37.2 Å². The summed E-state index contributed by atoms with van der Waals surface area (Å²) in [5, 5.41) is 1.66. The van der Waals surface area contributed by atoms with Crippen molar-refractivity contribution in [3.63, 3.8) is 0 Å². The first-order chi connectivity index (χ1) is 9.11. The van der Waals surface area contributed by atoms with Gasteiger partial charge in [-0.2, -0.15) is 0 Å². The van der Waals surface area contributed by atoms with E-state index in [1.807, 2.05) is 12.1 Å². The lowest BCUT2D eigenvalue weighted by Gasteiger charge is -2.33. The molecule has 0 aliphatic carbocycles. The molecular weight excluding hydrogens is 324 g/mol. The van der Waals surface area contributed by atoms with E-state index in [9.17, 15) is 0 Å². The summed E-state index contributed by atoms with van der Waals surface area (Å²) in [5.74, 6) is 0.795. The second kappa shape index (κ2) is 6.96. The number of piperidine rings is 1. The van der Waals surface area contributed by atoms with Crippen LogP contribution in [0.15, 0.2) is 18.2 Å². The highest BCUT2D eigenvalue weighted by Crippen LogP contribution is 2.30. The molecule has 1 aliphatic rings. The van der Waals surface area contributed by atoms with Gasteiger partial charge in [0.05, 0.1) is 0 Å². The van der Waals surface area contributed by atoms with Crippen molar-refractivity contribution in [2.24, 2.45) is 5.92 Å².